The second-order valence-electron chi connectivity index (χ2n) is 3.33. The molecule has 0 unspecified atom stereocenters. The molecule has 1 N–H and O–H groups in total. The van der Waals surface area contributed by atoms with Crippen LogP contribution in [0.15, 0.2) is 36.8 Å². The van der Waals surface area contributed by atoms with Crippen molar-refractivity contribution in [3.05, 3.63) is 48.0 Å². The molecular formula is C12H14N2O. The minimum absolute atomic E-state index is 0.702. The lowest BCUT2D eigenvalue weighted by Gasteiger charge is -2.04. The Labute approximate surface area is 89.1 Å². The van der Waals surface area contributed by atoms with Gasteiger partial charge >= 0.3 is 0 Å². The van der Waals surface area contributed by atoms with Crippen LogP contribution in [0.1, 0.15) is 18.2 Å². The van der Waals surface area contributed by atoms with E-state index in [0.29, 0.717) is 6.61 Å². The van der Waals surface area contributed by atoms with Gasteiger partial charge in [-0.3, -0.25) is 0 Å². The summed E-state index contributed by atoms with van der Waals surface area (Å²) in [5, 5.41) is 0. The molecule has 3 nitrogen and oxygen atoms in total. The fraction of sp³-hybridized carbons (Fsp3) is 0.250. The van der Waals surface area contributed by atoms with E-state index < -0.39 is 0 Å². The van der Waals surface area contributed by atoms with Gasteiger partial charge in [0, 0.05) is 18.3 Å². The number of benzene rings is 1. The number of imidazole rings is 1. The van der Waals surface area contributed by atoms with Crippen LogP contribution >= 0.6 is 0 Å². The van der Waals surface area contributed by atoms with Gasteiger partial charge in [-0.15, -0.1) is 0 Å². The molecule has 0 atom stereocenters. The zero-order valence-electron chi connectivity index (χ0n) is 8.73. The molecule has 0 aliphatic heterocycles. The predicted molar refractivity (Wildman–Crippen MR) is 59.0 cm³/mol. The highest BCUT2D eigenvalue weighted by molar-refractivity contribution is 5.30. The summed E-state index contributed by atoms with van der Waals surface area (Å²) >= 11 is 0. The quantitative estimate of drug-likeness (QED) is 0.826. The number of aromatic amines is 1. The Morgan fingerprint density at radius 1 is 1.40 bits per heavy atom. The number of H-pyrrole nitrogens is 1. The van der Waals surface area contributed by atoms with Crippen LogP contribution in [-0.4, -0.2) is 16.6 Å². The number of hydrogen-bond donors (Lipinski definition) is 1. The van der Waals surface area contributed by atoms with Gasteiger partial charge in [0.2, 0.25) is 0 Å². The maximum Gasteiger partial charge on any atom is 0.119 e. The number of hydrogen-bond acceptors (Lipinski definition) is 2. The molecule has 0 fully saturated rings. The third-order valence-corrected chi connectivity index (χ3v) is 2.16. The highest BCUT2D eigenvalue weighted by Crippen LogP contribution is 2.15. The maximum absolute atomic E-state index is 5.44. The minimum Gasteiger partial charge on any atom is -0.494 e. The zero-order chi connectivity index (χ0) is 10.5. The summed E-state index contributed by atoms with van der Waals surface area (Å²) in [6, 6.07) is 8.13. The number of ether oxygens (including phenoxy) is 1. The highest BCUT2D eigenvalue weighted by Gasteiger charge is 1.99. The Balaban J connectivity index is 2.11. The van der Waals surface area contributed by atoms with Crippen LogP contribution in [0.4, 0.5) is 0 Å². The van der Waals surface area contributed by atoms with Gasteiger partial charge in [0.15, 0.2) is 0 Å². The smallest absolute Gasteiger partial charge is 0.119 e. The minimum atomic E-state index is 0.702. The van der Waals surface area contributed by atoms with Crippen molar-refractivity contribution in [3.8, 4) is 5.75 Å². The van der Waals surface area contributed by atoms with E-state index in [1.165, 1.54) is 5.56 Å². The van der Waals surface area contributed by atoms with Crippen molar-refractivity contribution in [2.24, 2.45) is 0 Å². The molecule has 15 heavy (non-hydrogen) atoms. The fourth-order valence-electron chi connectivity index (χ4n) is 1.51. The third kappa shape index (κ3) is 2.59. The Kier molecular flexibility index (Phi) is 3.02. The number of aromatic nitrogens is 2. The van der Waals surface area contributed by atoms with E-state index in [0.717, 1.165) is 17.9 Å². The molecule has 0 aliphatic carbocycles. The molecule has 78 valence electrons. The lowest BCUT2D eigenvalue weighted by atomic mass is 10.1. The van der Waals surface area contributed by atoms with E-state index in [9.17, 15) is 0 Å². The van der Waals surface area contributed by atoms with E-state index in [-0.39, 0.29) is 0 Å². The molecule has 0 radical (unpaired) electrons. The van der Waals surface area contributed by atoms with Crippen LogP contribution in [0.25, 0.3) is 0 Å². The van der Waals surface area contributed by atoms with E-state index in [2.05, 4.69) is 22.1 Å². The number of nitrogens with one attached hydrogen (secondary N) is 1. The average molecular weight is 202 g/mol. The van der Waals surface area contributed by atoms with Crippen LogP contribution in [0.2, 0.25) is 0 Å². The van der Waals surface area contributed by atoms with Crippen LogP contribution in [0.5, 0.6) is 5.75 Å². The summed E-state index contributed by atoms with van der Waals surface area (Å²) in [5.74, 6) is 0.925. The molecule has 2 rings (SSSR count). The van der Waals surface area contributed by atoms with Crippen molar-refractivity contribution in [2.45, 2.75) is 13.3 Å². The summed E-state index contributed by atoms with van der Waals surface area (Å²) in [7, 11) is 0. The topological polar surface area (TPSA) is 37.9 Å². The largest absolute Gasteiger partial charge is 0.494 e. The fourth-order valence-corrected chi connectivity index (χ4v) is 1.51. The lowest BCUT2D eigenvalue weighted by Crippen LogP contribution is -1.93. The van der Waals surface area contributed by atoms with Crippen LogP contribution < -0.4 is 4.74 Å². The Bertz CT molecular complexity index is 409. The van der Waals surface area contributed by atoms with Gasteiger partial charge in [-0.2, -0.15) is 0 Å². The standard InChI is InChI=1S/C12H14N2O/c1-2-15-12-5-3-4-10(7-12)6-11-8-13-9-14-11/h3-5,7-9H,2,6H2,1H3,(H,13,14). The van der Waals surface area contributed by atoms with E-state index in [1.807, 2.05) is 25.3 Å². The molecule has 3 heteroatoms. The van der Waals surface area contributed by atoms with E-state index in [1.54, 1.807) is 6.33 Å². The predicted octanol–water partition coefficient (Wildman–Crippen LogP) is 2.40. The molecule has 0 aliphatic rings. The second-order valence-corrected chi connectivity index (χ2v) is 3.33. The van der Waals surface area contributed by atoms with Gasteiger partial charge in [-0.1, -0.05) is 12.1 Å². The van der Waals surface area contributed by atoms with Gasteiger partial charge in [-0.05, 0) is 24.6 Å². The molecule has 0 saturated heterocycles. The van der Waals surface area contributed by atoms with Crippen molar-refractivity contribution in [3.63, 3.8) is 0 Å². The molecular weight excluding hydrogens is 188 g/mol. The molecule has 1 aromatic carbocycles. The van der Waals surface area contributed by atoms with E-state index >= 15 is 0 Å². The van der Waals surface area contributed by atoms with Crippen molar-refractivity contribution < 1.29 is 4.74 Å². The first-order chi connectivity index (χ1) is 7.38. The lowest BCUT2D eigenvalue weighted by molar-refractivity contribution is 0.340. The van der Waals surface area contributed by atoms with E-state index in [4.69, 9.17) is 4.74 Å². The molecule has 1 heterocycles. The van der Waals surface area contributed by atoms with Crippen molar-refractivity contribution in [2.75, 3.05) is 6.61 Å². The van der Waals surface area contributed by atoms with Gasteiger partial charge in [0.05, 0.1) is 12.9 Å². The van der Waals surface area contributed by atoms with Gasteiger partial charge in [-0.25, -0.2) is 4.98 Å². The van der Waals surface area contributed by atoms with Crippen LogP contribution in [0, 0.1) is 0 Å². The Morgan fingerprint density at radius 3 is 3.07 bits per heavy atom. The number of nitrogens with zero attached hydrogens (tertiary/aromatic N) is 1. The zero-order valence-corrected chi connectivity index (χ0v) is 8.73. The molecule has 0 bridgehead atoms. The normalized spacial score (nSPS) is 10.2. The van der Waals surface area contributed by atoms with Gasteiger partial charge in [0.1, 0.15) is 5.75 Å². The van der Waals surface area contributed by atoms with Crippen molar-refractivity contribution in [1.82, 2.24) is 9.97 Å². The second kappa shape index (κ2) is 4.64. The summed E-state index contributed by atoms with van der Waals surface area (Å²) in [6.07, 6.45) is 4.40. The monoisotopic (exact) mass is 202 g/mol. The Morgan fingerprint density at radius 2 is 2.33 bits per heavy atom. The summed E-state index contributed by atoms with van der Waals surface area (Å²) in [5.41, 5.74) is 2.34. The molecule has 1 aromatic heterocycles. The van der Waals surface area contributed by atoms with Crippen molar-refractivity contribution in [1.29, 1.82) is 0 Å². The molecule has 0 amide bonds. The molecule has 2 aromatic rings. The summed E-state index contributed by atoms with van der Waals surface area (Å²) < 4.78 is 5.44. The number of rotatable bonds is 4. The first kappa shape index (κ1) is 9.77. The van der Waals surface area contributed by atoms with Crippen LogP contribution in [0.3, 0.4) is 0 Å². The molecule has 0 saturated carbocycles. The molecule has 0 spiro atoms. The average Bonchev–Trinajstić information content (AvgIpc) is 2.71. The van der Waals surface area contributed by atoms with Gasteiger partial charge < -0.3 is 9.72 Å². The first-order valence-corrected chi connectivity index (χ1v) is 5.07. The third-order valence-electron chi connectivity index (χ3n) is 2.16. The highest BCUT2D eigenvalue weighted by atomic mass is 16.5. The summed E-state index contributed by atoms with van der Waals surface area (Å²) in [4.78, 5) is 7.08. The SMILES string of the molecule is CCOc1cccc(Cc2cnc[nH]2)c1. The first-order valence-electron chi connectivity index (χ1n) is 5.07. The Hall–Kier alpha value is -1.77. The maximum atomic E-state index is 5.44. The summed E-state index contributed by atoms with van der Waals surface area (Å²) in [6.45, 7) is 2.69. The van der Waals surface area contributed by atoms with Crippen molar-refractivity contribution >= 4 is 0 Å². The van der Waals surface area contributed by atoms with Gasteiger partial charge in [0.25, 0.3) is 0 Å². The van der Waals surface area contributed by atoms with Crippen LogP contribution in [-0.2, 0) is 6.42 Å².